The normalized spacial score (nSPS) is 15.3. The van der Waals surface area contributed by atoms with Crippen LogP contribution in [0.15, 0.2) is 23.1 Å². The van der Waals surface area contributed by atoms with Crippen molar-refractivity contribution in [1.29, 1.82) is 0 Å². The van der Waals surface area contributed by atoms with E-state index in [1.807, 2.05) is 0 Å². The highest BCUT2D eigenvalue weighted by Gasteiger charge is 2.21. The lowest BCUT2D eigenvalue weighted by atomic mass is 10.0. The second-order valence-electron chi connectivity index (χ2n) is 4.15. The number of benzene rings is 1. The summed E-state index contributed by atoms with van der Waals surface area (Å²) >= 11 is 0. The van der Waals surface area contributed by atoms with Crippen molar-refractivity contribution in [1.82, 2.24) is 0 Å². The molecule has 0 spiro atoms. The lowest BCUT2D eigenvalue weighted by molar-refractivity contribution is -0.135. The van der Waals surface area contributed by atoms with E-state index in [0.717, 1.165) is 24.1 Å². The number of carbonyl (C=O) groups is 1. The standard InChI is InChI=1S/C11H12ClNO4S/c12-18(16,17)9-3-4-10-8(6-9)2-1-5-13(10)7-11(14)15/h3-4,6H,1-2,5,7H2,(H,14,15). The van der Waals surface area contributed by atoms with Gasteiger partial charge in [-0.2, -0.15) is 0 Å². The summed E-state index contributed by atoms with van der Waals surface area (Å²) < 4.78 is 22.5. The molecule has 18 heavy (non-hydrogen) atoms. The van der Waals surface area contributed by atoms with Crippen LogP contribution in [0.2, 0.25) is 0 Å². The molecule has 0 saturated carbocycles. The molecule has 5 nitrogen and oxygen atoms in total. The van der Waals surface area contributed by atoms with Gasteiger partial charge in [0.05, 0.1) is 4.90 Å². The van der Waals surface area contributed by atoms with Gasteiger partial charge in [0, 0.05) is 22.9 Å². The van der Waals surface area contributed by atoms with Gasteiger partial charge in [-0.05, 0) is 36.6 Å². The predicted molar refractivity (Wildman–Crippen MR) is 67.7 cm³/mol. The molecule has 1 aliphatic rings. The number of fused-ring (bicyclic) bond motifs is 1. The third-order valence-corrected chi connectivity index (χ3v) is 4.22. The van der Waals surface area contributed by atoms with Crippen molar-refractivity contribution in [2.45, 2.75) is 17.7 Å². The minimum Gasteiger partial charge on any atom is -0.480 e. The molecule has 0 unspecified atom stereocenters. The zero-order valence-electron chi connectivity index (χ0n) is 9.47. The van der Waals surface area contributed by atoms with Crippen LogP contribution in [0.5, 0.6) is 0 Å². The van der Waals surface area contributed by atoms with Crippen LogP contribution in [-0.4, -0.2) is 32.6 Å². The molecular weight excluding hydrogens is 278 g/mol. The number of carboxylic acids is 1. The monoisotopic (exact) mass is 289 g/mol. The van der Waals surface area contributed by atoms with Crippen molar-refractivity contribution in [2.24, 2.45) is 0 Å². The van der Waals surface area contributed by atoms with Gasteiger partial charge >= 0.3 is 5.97 Å². The van der Waals surface area contributed by atoms with Gasteiger partial charge in [-0.15, -0.1) is 0 Å². The fraction of sp³-hybridized carbons (Fsp3) is 0.364. The molecule has 0 amide bonds. The number of anilines is 1. The van der Waals surface area contributed by atoms with Crippen molar-refractivity contribution >= 4 is 31.4 Å². The molecule has 1 aromatic carbocycles. The maximum atomic E-state index is 11.2. The van der Waals surface area contributed by atoms with Gasteiger partial charge < -0.3 is 10.0 Å². The van der Waals surface area contributed by atoms with Crippen molar-refractivity contribution in [3.63, 3.8) is 0 Å². The summed E-state index contributed by atoms with van der Waals surface area (Å²) in [7, 11) is 1.55. The van der Waals surface area contributed by atoms with E-state index >= 15 is 0 Å². The number of rotatable bonds is 3. The first-order chi connectivity index (χ1) is 8.38. The molecule has 0 aliphatic carbocycles. The smallest absolute Gasteiger partial charge is 0.323 e. The van der Waals surface area contributed by atoms with E-state index in [4.69, 9.17) is 15.8 Å². The molecule has 0 saturated heterocycles. The van der Waals surface area contributed by atoms with Gasteiger partial charge in [0.1, 0.15) is 6.54 Å². The zero-order chi connectivity index (χ0) is 13.3. The first-order valence-corrected chi connectivity index (χ1v) is 7.73. The summed E-state index contributed by atoms with van der Waals surface area (Å²) in [6.07, 6.45) is 1.53. The molecule has 2 rings (SSSR count). The quantitative estimate of drug-likeness (QED) is 0.853. The van der Waals surface area contributed by atoms with Gasteiger partial charge in [0.15, 0.2) is 0 Å². The third kappa shape index (κ3) is 2.76. The van der Waals surface area contributed by atoms with Crippen LogP contribution in [0.4, 0.5) is 5.69 Å². The third-order valence-electron chi connectivity index (χ3n) is 2.87. The molecule has 1 aliphatic heterocycles. The van der Waals surface area contributed by atoms with Crippen molar-refractivity contribution in [3.8, 4) is 0 Å². The number of hydrogen-bond donors (Lipinski definition) is 1. The first kappa shape index (κ1) is 13.2. The summed E-state index contributed by atoms with van der Waals surface area (Å²) in [5.41, 5.74) is 1.59. The highest BCUT2D eigenvalue weighted by atomic mass is 35.7. The minimum atomic E-state index is -3.74. The van der Waals surface area contributed by atoms with Gasteiger partial charge in [-0.25, -0.2) is 8.42 Å². The van der Waals surface area contributed by atoms with Crippen LogP contribution < -0.4 is 4.90 Å². The van der Waals surface area contributed by atoms with E-state index in [0.29, 0.717) is 6.54 Å². The zero-order valence-corrected chi connectivity index (χ0v) is 11.0. The van der Waals surface area contributed by atoms with Crippen molar-refractivity contribution < 1.29 is 18.3 Å². The molecule has 0 fully saturated rings. The highest BCUT2D eigenvalue weighted by Crippen LogP contribution is 2.30. The molecule has 98 valence electrons. The Morgan fingerprint density at radius 1 is 1.44 bits per heavy atom. The van der Waals surface area contributed by atoms with E-state index in [2.05, 4.69) is 0 Å². The summed E-state index contributed by atoms with van der Waals surface area (Å²) in [6, 6.07) is 4.54. The maximum absolute atomic E-state index is 11.2. The Hall–Kier alpha value is -1.27. The molecular formula is C11H12ClNO4S. The molecule has 0 radical (unpaired) electrons. The topological polar surface area (TPSA) is 74.7 Å². The highest BCUT2D eigenvalue weighted by molar-refractivity contribution is 8.13. The average molecular weight is 290 g/mol. The van der Waals surface area contributed by atoms with E-state index in [9.17, 15) is 13.2 Å². The second kappa shape index (κ2) is 4.78. The van der Waals surface area contributed by atoms with Gasteiger partial charge in [0.2, 0.25) is 0 Å². The van der Waals surface area contributed by atoms with Gasteiger partial charge in [0.25, 0.3) is 9.05 Å². The molecule has 1 aromatic rings. The number of aryl methyl sites for hydroxylation is 1. The SMILES string of the molecule is O=C(O)CN1CCCc2cc(S(=O)(=O)Cl)ccc21. The van der Waals surface area contributed by atoms with Crippen LogP contribution >= 0.6 is 10.7 Å². The summed E-state index contributed by atoms with van der Waals surface area (Å²) in [4.78, 5) is 12.5. The minimum absolute atomic E-state index is 0.0556. The van der Waals surface area contributed by atoms with Crippen LogP contribution in [0.3, 0.4) is 0 Å². The second-order valence-corrected chi connectivity index (χ2v) is 6.71. The average Bonchev–Trinajstić information content (AvgIpc) is 2.27. The predicted octanol–water partition coefficient (Wildman–Crippen LogP) is 1.45. The van der Waals surface area contributed by atoms with Gasteiger partial charge in [-0.3, -0.25) is 4.79 Å². The Balaban J connectivity index is 2.39. The molecule has 1 heterocycles. The summed E-state index contributed by atoms with van der Waals surface area (Å²) in [6.45, 7) is 0.576. The Morgan fingerprint density at radius 3 is 2.78 bits per heavy atom. The Labute approximate surface area is 109 Å². The van der Waals surface area contributed by atoms with Crippen LogP contribution in [0.25, 0.3) is 0 Å². The van der Waals surface area contributed by atoms with Crippen molar-refractivity contribution in [3.05, 3.63) is 23.8 Å². The maximum Gasteiger partial charge on any atom is 0.323 e. The lowest BCUT2D eigenvalue weighted by Gasteiger charge is -2.30. The van der Waals surface area contributed by atoms with Crippen LogP contribution in [-0.2, 0) is 20.3 Å². The Morgan fingerprint density at radius 2 is 2.17 bits per heavy atom. The first-order valence-electron chi connectivity index (χ1n) is 5.42. The van der Waals surface area contributed by atoms with Crippen LogP contribution in [0, 0.1) is 0 Å². The summed E-state index contributed by atoms with van der Waals surface area (Å²) in [5, 5.41) is 8.82. The fourth-order valence-electron chi connectivity index (χ4n) is 2.13. The van der Waals surface area contributed by atoms with Gasteiger partial charge in [-0.1, -0.05) is 0 Å². The van der Waals surface area contributed by atoms with Crippen molar-refractivity contribution in [2.75, 3.05) is 18.0 Å². The molecule has 0 bridgehead atoms. The Bertz CT molecular complexity index is 585. The lowest BCUT2D eigenvalue weighted by Crippen LogP contribution is -2.34. The molecule has 0 atom stereocenters. The summed E-state index contributed by atoms with van der Waals surface area (Å²) in [5.74, 6) is -0.906. The molecule has 0 aromatic heterocycles. The van der Waals surface area contributed by atoms with E-state index in [-0.39, 0.29) is 11.4 Å². The van der Waals surface area contributed by atoms with E-state index in [1.165, 1.54) is 12.1 Å². The van der Waals surface area contributed by atoms with E-state index in [1.54, 1.807) is 11.0 Å². The molecule has 7 heteroatoms. The Kier molecular flexibility index (Phi) is 3.49. The largest absolute Gasteiger partial charge is 0.480 e. The number of halogens is 1. The van der Waals surface area contributed by atoms with Crippen LogP contribution in [0.1, 0.15) is 12.0 Å². The fourth-order valence-corrected chi connectivity index (χ4v) is 2.93. The number of aliphatic carboxylic acids is 1. The molecule has 1 N–H and O–H groups in total. The number of nitrogens with zero attached hydrogens (tertiary/aromatic N) is 1. The van der Waals surface area contributed by atoms with E-state index < -0.39 is 15.0 Å². The number of carboxylic acid groups (broad SMARTS) is 1. The number of hydrogen-bond acceptors (Lipinski definition) is 4.